The van der Waals surface area contributed by atoms with E-state index < -0.39 is 6.10 Å². The van der Waals surface area contributed by atoms with Crippen LogP contribution in [0.2, 0.25) is 0 Å². The van der Waals surface area contributed by atoms with Crippen molar-refractivity contribution in [1.29, 1.82) is 0 Å². The van der Waals surface area contributed by atoms with Gasteiger partial charge < -0.3 is 25.8 Å². The van der Waals surface area contributed by atoms with Gasteiger partial charge in [0.05, 0.1) is 13.2 Å². The molecular formula is C20H29N3O4. The Morgan fingerprint density at radius 2 is 1.85 bits per heavy atom. The molecule has 0 unspecified atom stereocenters. The van der Waals surface area contributed by atoms with Crippen molar-refractivity contribution >= 4 is 11.8 Å². The van der Waals surface area contributed by atoms with Gasteiger partial charge in [-0.1, -0.05) is 12.1 Å². The number of hydrogen-bond donors (Lipinski definition) is 3. The second-order valence-corrected chi connectivity index (χ2v) is 7.56. The quantitative estimate of drug-likeness (QED) is 0.701. The number of aliphatic hydroxyl groups is 1. The van der Waals surface area contributed by atoms with Crippen LogP contribution in [0.15, 0.2) is 24.3 Å². The number of carbonyl (C=O) groups is 2. The number of hydrogen-bond acceptors (Lipinski definition) is 5. The van der Waals surface area contributed by atoms with Gasteiger partial charge in [-0.3, -0.25) is 9.59 Å². The third kappa shape index (κ3) is 4.78. The van der Waals surface area contributed by atoms with E-state index in [0.29, 0.717) is 45.3 Å². The summed E-state index contributed by atoms with van der Waals surface area (Å²) >= 11 is 0. The number of carbonyl (C=O) groups excluding carboxylic acids is 2. The summed E-state index contributed by atoms with van der Waals surface area (Å²) in [5.41, 5.74) is 6.84. The first-order chi connectivity index (χ1) is 13.0. The second kappa shape index (κ2) is 8.71. The Balaban J connectivity index is 1.43. The minimum atomic E-state index is -0.583. The van der Waals surface area contributed by atoms with Crippen LogP contribution in [0.3, 0.4) is 0 Å². The Bertz CT molecular complexity index is 646. The second-order valence-electron chi connectivity index (χ2n) is 7.56. The first-order valence-electron chi connectivity index (χ1n) is 9.61. The van der Waals surface area contributed by atoms with Crippen molar-refractivity contribution in [2.24, 2.45) is 17.6 Å². The van der Waals surface area contributed by atoms with Crippen LogP contribution >= 0.6 is 0 Å². The number of nitrogens with one attached hydrogen (secondary N) is 1. The normalized spacial score (nSPS) is 26.0. The highest BCUT2D eigenvalue weighted by Crippen LogP contribution is 2.28. The summed E-state index contributed by atoms with van der Waals surface area (Å²) < 4.78 is 5.13. The van der Waals surface area contributed by atoms with E-state index >= 15 is 0 Å². The Morgan fingerprint density at radius 1 is 1.19 bits per heavy atom. The maximum atomic E-state index is 12.6. The number of nitrogens with zero attached hydrogens (tertiary/aromatic N) is 1. The average molecular weight is 375 g/mol. The highest BCUT2D eigenvalue weighted by atomic mass is 16.5. The van der Waals surface area contributed by atoms with Gasteiger partial charge in [-0.2, -0.15) is 0 Å². The summed E-state index contributed by atoms with van der Waals surface area (Å²) in [4.78, 5) is 26.8. The van der Waals surface area contributed by atoms with Crippen molar-refractivity contribution in [3.05, 3.63) is 29.8 Å². The zero-order chi connectivity index (χ0) is 19.4. The molecule has 1 heterocycles. The van der Waals surface area contributed by atoms with Gasteiger partial charge in [0.1, 0.15) is 5.75 Å². The summed E-state index contributed by atoms with van der Waals surface area (Å²) in [6.45, 7) is 1.66. The molecule has 4 N–H and O–H groups in total. The molecule has 2 amide bonds. The first-order valence-corrected chi connectivity index (χ1v) is 9.61. The van der Waals surface area contributed by atoms with E-state index in [9.17, 15) is 14.7 Å². The molecule has 1 aromatic rings. The average Bonchev–Trinajstić information content (AvgIpc) is 3.04. The summed E-state index contributed by atoms with van der Waals surface area (Å²) in [6.07, 6.45) is 1.74. The molecule has 0 aromatic heterocycles. The topological polar surface area (TPSA) is 105 Å². The lowest BCUT2D eigenvalue weighted by Gasteiger charge is -2.33. The standard InChI is InChI=1S/C20H29N3O4/c1-27-16-4-2-13(3-5-16)12-22-19(25)14-6-8-23(9-7-14)20(26)15-10-17(21)18(24)11-15/h2-5,14-15,17-18,24H,6-12,21H2,1H3,(H,22,25)/t15-,17-,18-/m0/s1. The number of methoxy groups -OCH3 is 1. The number of nitrogens with two attached hydrogens (primary N) is 1. The number of likely N-dealkylation sites (tertiary alicyclic amines) is 1. The van der Waals surface area contributed by atoms with Crippen molar-refractivity contribution in [1.82, 2.24) is 10.2 Å². The number of amides is 2. The minimum Gasteiger partial charge on any atom is -0.497 e. The predicted octanol–water partition coefficient (Wildman–Crippen LogP) is 0.648. The molecule has 1 saturated heterocycles. The van der Waals surface area contributed by atoms with Gasteiger partial charge in [-0.05, 0) is 43.4 Å². The highest BCUT2D eigenvalue weighted by Gasteiger charge is 2.38. The SMILES string of the molecule is COc1ccc(CNC(=O)C2CCN(C(=O)[C@H]3C[C@H](N)[C@@H](O)C3)CC2)cc1. The molecule has 0 bridgehead atoms. The molecule has 148 valence electrons. The highest BCUT2D eigenvalue weighted by molar-refractivity contribution is 5.81. The molecule has 3 rings (SSSR count). The fourth-order valence-electron chi connectivity index (χ4n) is 3.95. The molecule has 7 nitrogen and oxygen atoms in total. The van der Waals surface area contributed by atoms with E-state index in [1.807, 2.05) is 29.2 Å². The Kier molecular flexibility index (Phi) is 6.34. The van der Waals surface area contributed by atoms with Gasteiger partial charge in [-0.25, -0.2) is 0 Å². The number of ether oxygens (including phenoxy) is 1. The molecule has 7 heteroatoms. The van der Waals surface area contributed by atoms with Crippen LogP contribution in [0.5, 0.6) is 5.75 Å². The van der Waals surface area contributed by atoms with Gasteiger partial charge in [0, 0.05) is 37.5 Å². The monoisotopic (exact) mass is 375 g/mol. The lowest BCUT2D eigenvalue weighted by molar-refractivity contribution is -0.139. The van der Waals surface area contributed by atoms with E-state index in [4.69, 9.17) is 10.5 Å². The molecule has 27 heavy (non-hydrogen) atoms. The van der Waals surface area contributed by atoms with E-state index in [0.717, 1.165) is 11.3 Å². The molecule has 0 spiro atoms. The fraction of sp³-hybridized carbons (Fsp3) is 0.600. The van der Waals surface area contributed by atoms with Crippen LogP contribution in [0.1, 0.15) is 31.2 Å². The molecule has 3 atom stereocenters. The molecule has 2 aliphatic rings. The van der Waals surface area contributed by atoms with E-state index in [1.165, 1.54) is 0 Å². The third-order valence-electron chi connectivity index (χ3n) is 5.73. The minimum absolute atomic E-state index is 0.0382. The zero-order valence-electron chi connectivity index (χ0n) is 15.8. The number of rotatable bonds is 5. The van der Waals surface area contributed by atoms with Crippen LogP contribution in [-0.2, 0) is 16.1 Å². The van der Waals surface area contributed by atoms with E-state index in [-0.39, 0.29) is 29.7 Å². The molecule has 1 saturated carbocycles. The number of benzene rings is 1. The fourth-order valence-corrected chi connectivity index (χ4v) is 3.95. The summed E-state index contributed by atoms with van der Waals surface area (Å²) in [5, 5.41) is 12.7. The van der Waals surface area contributed by atoms with E-state index in [2.05, 4.69) is 5.32 Å². The van der Waals surface area contributed by atoms with Crippen LogP contribution < -0.4 is 15.8 Å². The van der Waals surface area contributed by atoms with Crippen LogP contribution in [0, 0.1) is 11.8 Å². The predicted molar refractivity (Wildman–Crippen MR) is 101 cm³/mol. The van der Waals surface area contributed by atoms with Gasteiger partial charge in [0.15, 0.2) is 0 Å². The molecule has 1 aliphatic carbocycles. The van der Waals surface area contributed by atoms with Crippen molar-refractivity contribution in [2.75, 3.05) is 20.2 Å². The Labute approximate surface area is 159 Å². The van der Waals surface area contributed by atoms with Crippen molar-refractivity contribution < 1.29 is 19.4 Å². The van der Waals surface area contributed by atoms with E-state index in [1.54, 1.807) is 7.11 Å². The van der Waals surface area contributed by atoms with Crippen LogP contribution in [0.25, 0.3) is 0 Å². The maximum absolute atomic E-state index is 12.6. The van der Waals surface area contributed by atoms with Gasteiger partial charge in [0.2, 0.25) is 11.8 Å². The molecule has 0 radical (unpaired) electrons. The third-order valence-corrected chi connectivity index (χ3v) is 5.73. The molecular weight excluding hydrogens is 346 g/mol. The van der Waals surface area contributed by atoms with Gasteiger partial charge in [-0.15, -0.1) is 0 Å². The first kappa shape index (κ1) is 19.6. The van der Waals surface area contributed by atoms with Crippen LogP contribution in [0.4, 0.5) is 0 Å². The number of piperidine rings is 1. The number of aliphatic hydroxyl groups excluding tert-OH is 1. The lowest BCUT2D eigenvalue weighted by atomic mass is 9.94. The summed E-state index contributed by atoms with van der Waals surface area (Å²) in [6, 6.07) is 7.30. The van der Waals surface area contributed by atoms with Gasteiger partial charge >= 0.3 is 0 Å². The maximum Gasteiger partial charge on any atom is 0.225 e. The Morgan fingerprint density at radius 3 is 2.41 bits per heavy atom. The Hall–Kier alpha value is -2.12. The van der Waals surface area contributed by atoms with Crippen molar-refractivity contribution in [3.8, 4) is 5.75 Å². The smallest absolute Gasteiger partial charge is 0.225 e. The summed E-state index contributed by atoms with van der Waals surface area (Å²) in [5.74, 6) is 0.646. The zero-order valence-corrected chi connectivity index (χ0v) is 15.8. The largest absolute Gasteiger partial charge is 0.497 e. The molecule has 2 fully saturated rings. The van der Waals surface area contributed by atoms with Crippen molar-refractivity contribution in [3.63, 3.8) is 0 Å². The van der Waals surface area contributed by atoms with Crippen LogP contribution in [-0.4, -0.2) is 54.2 Å². The van der Waals surface area contributed by atoms with Crippen molar-refractivity contribution in [2.45, 2.75) is 44.4 Å². The molecule has 1 aromatic carbocycles. The lowest BCUT2D eigenvalue weighted by Crippen LogP contribution is -2.44. The molecule has 1 aliphatic heterocycles. The van der Waals surface area contributed by atoms with Gasteiger partial charge in [0.25, 0.3) is 0 Å². The summed E-state index contributed by atoms with van der Waals surface area (Å²) in [7, 11) is 1.62.